The lowest BCUT2D eigenvalue weighted by atomic mass is 9.89. The van der Waals surface area contributed by atoms with E-state index >= 15 is 0 Å². The highest BCUT2D eigenvalue weighted by atomic mass is 16.3. The van der Waals surface area contributed by atoms with E-state index in [1.54, 1.807) is 12.1 Å². The van der Waals surface area contributed by atoms with Crippen molar-refractivity contribution >= 4 is 21.5 Å². The molecule has 0 atom stereocenters. The lowest BCUT2D eigenvalue weighted by molar-refractivity contribution is 0.470. The minimum Gasteiger partial charge on any atom is -0.507 e. The molecule has 0 aliphatic heterocycles. The number of fused-ring (bicyclic) bond motifs is 2. The number of phenols is 2. The zero-order valence-electron chi connectivity index (χ0n) is 16.8. The van der Waals surface area contributed by atoms with Gasteiger partial charge in [0, 0.05) is 11.1 Å². The standard InChI is InChI=1S/C26H26O2/c1-15(2)17-5-9-21-19(13-17)7-11-23(27)25(21)26-22-10-6-18(16(3)4)14-20(22)8-12-24(26)28/h5-16,27-28H,1-4H3. The van der Waals surface area contributed by atoms with Crippen LogP contribution in [0.15, 0.2) is 60.7 Å². The third kappa shape index (κ3) is 2.99. The van der Waals surface area contributed by atoms with Gasteiger partial charge in [-0.1, -0.05) is 76.2 Å². The summed E-state index contributed by atoms with van der Waals surface area (Å²) in [4.78, 5) is 0. The Morgan fingerprint density at radius 3 is 1.29 bits per heavy atom. The average Bonchev–Trinajstić information content (AvgIpc) is 2.68. The summed E-state index contributed by atoms with van der Waals surface area (Å²) in [6.45, 7) is 8.69. The van der Waals surface area contributed by atoms with Crippen LogP contribution < -0.4 is 0 Å². The summed E-state index contributed by atoms with van der Waals surface area (Å²) in [7, 11) is 0. The van der Waals surface area contributed by atoms with Crippen LogP contribution in [0.25, 0.3) is 32.7 Å². The number of hydrogen-bond acceptors (Lipinski definition) is 2. The highest BCUT2D eigenvalue weighted by Gasteiger charge is 2.17. The Balaban J connectivity index is 2.05. The molecule has 0 radical (unpaired) electrons. The first kappa shape index (κ1) is 18.4. The van der Waals surface area contributed by atoms with Gasteiger partial charge in [0.05, 0.1) is 0 Å². The van der Waals surface area contributed by atoms with E-state index in [2.05, 4.69) is 64.1 Å². The summed E-state index contributed by atoms with van der Waals surface area (Å²) >= 11 is 0. The maximum Gasteiger partial charge on any atom is 0.124 e. The topological polar surface area (TPSA) is 40.5 Å². The number of phenolic OH excluding ortho intramolecular Hbond substituents is 2. The van der Waals surface area contributed by atoms with Crippen LogP contribution in [0, 0.1) is 0 Å². The molecule has 0 aromatic heterocycles. The Labute approximate surface area is 166 Å². The first-order valence-corrected chi connectivity index (χ1v) is 9.88. The first-order valence-electron chi connectivity index (χ1n) is 9.88. The molecule has 0 aliphatic carbocycles. The molecule has 0 bridgehead atoms. The Morgan fingerprint density at radius 2 is 0.929 bits per heavy atom. The minimum absolute atomic E-state index is 0.181. The van der Waals surface area contributed by atoms with Gasteiger partial charge in [-0.15, -0.1) is 0 Å². The van der Waals surface area contributed by atoms with Gasteiger partial charge in [-0.3, -0.25) is 0 Å². The second-order valence-corrected chi connectivity index (χ2v) is 8.19. The molecule has 0 aliphatic rings. The van der Waals surface area contributed by atoms with Crippen LogP contribution in [0.3, 0.4) is 0 Å². The van der Waals surface area contributed by atoms with Gasteiger partial charge in [0.2, 0.25) is 0 Å². The van der Waals surface area contributed by atoms with Gasteiger partial charge < -0.3 is 10.2 Å². The molecule has 0 saturated carbocycles. The van der Waals surface area contributed by atoms with E-state index in [0.717, 1.165) is 21.5 Å². The van der Waals surface area contributed by atoms with Crippen LogP contribution in [0.1, 0.15) is 50.7 Å². The molecule has 0 unspecified atom stereocenters. The average molecular weight is 370 g/mol. The fraction of sp³-hybridized carbons (Fsp3) is 0.231. The van der Waals surface area contributed by atoms with Crippen LogP contribution in [0.2, 0.25) is 0 Å². The minimum atomic E-state index is 0.181. The molecule has 142 valence electrons. The fourth-order valence-corrected chi connectivity index (χ4v) is 3.92. The third-order valence-corrected chi connectivity index (χ3v) is 5.63. The smallest absolute Gasteiger partial charge is 0.124 e. The molecule has 0 heterocycles. The number of rotatable bonds is 3. The summed E-state index contributed by atoms with van der Waals surface area (Å²) < 4.78 is 0. The van der Waals surface area contributed by atoms with Gasteiger partial charge in [0.15, 0.2) is 0 Å². The Bertz CT molecular complexity index is 1090. The number of aromatic hydroxyl groups is 2. The lowest BCUT2D eigenvalue weighted by Crippen LogP contribution is -1.91. The zero-order valence-corrected chi connectivity index (χ0v) is 16.8. The quantitative estimate of drug-likeness (QED) is 0.397. The molecule has 2 N–H and O–H groups in total. The van der Waals surface area contributed by atoms with E-state index in [1.165, 1.54) is 11.1 Å². The van der Waals surface area contributed by atoms with Crippen molar-refractivity contribution in [3.63, 3.8) is 0 Å². The predicted octanol–water partition coefficient (Wildman–Crippen LogP) is 7.32. The van der Waals surface area contributed by atoms with Crippen molar-refractivity contribution in [3.8, 4) is 22.6 Å². The van der Waals surface area contributed by atoms with Crippen molar-refractivity contribution in [2.75, 3.05) is 0 Å². The van der Waals surface area contributed by atoms with Gasteiger partial charge >= 0.3 is 0 Å². The number of hydrogen-bond donors (Lipinski definition) is 2. The SMILES string of the molecule is CC(C)c1ccc2c(-c3c(O)ccc4cc(C(C)C)ccc34)c(O)ccc2c1. The van der Waals surface area contributed by atoms with Crippen molar-refractivity contribution in [2.24, 2.45) is 0 Å². The molecule has 28 heavy (non-hydrogen) atoms. The third-order valence-electron chi connectivity index (χ3n) is 5.63. The molecule has 2 heteroatoms. The predicted molar refractivity (Wildman–Crippen MR) is 118 cm³/mol. The van der Waals surface area contributed by atoms with E-state index < -0.39 is 0 Å². The fourth-order valence-electron chi connectivity index (χ4n) is 3.92. The van der Waals surface area contributed by atoms with E-state index in [4.69, 9.17) is 0 Å². The molecule has 0 spiro atoms. The van der Waals surface area contributed by atoms with Crippen LogP contribution in [-0.4, -0.2) is 10.2 Å². The highest BCUT2D eigenvalue weighted by Crippen LogP contribution is 2.45. The maximum atomic E-state index is 10.8. The van der Waals surface area contributed by atoms with Crippen molar-refractivity contribution in [1.29, 1.82) is 0 Å². The lowest BCUT2D eigenvalue weighted by Gasteiger charge is -2.16. The Kier molecular flexibility index (Phi) is 4.50. The highest BCUT2D eigenvalue weighted by molar-refractivity contribution is 6.09. The second-order valence-electron chi connectivity index (χ2n) is 8.19. The normalized spacial score (nSPS) is 11.8. The van der Waals surface area contributed by atoms with Crippen LogP contribution in [0.5, 0.6) is 11.5 Å². The van der Waals surface area contributed by atoms with Crippen molar-refractivity contribution in [1.82, 2.24) is 0 Å². The van der Waals surface area contributed by atoms with E-state index in [0.29, 0.717) is 23.0 Å². The van der Waals surface area contributed by atoms with Crippen LogP contribution >= 0.6 is 0 Å². The molecule has 0 amide bonds. The molecule has 4 aromatic carbocycles. The van der Waals surface area contributed by atoms with E-state index in [1.807, 2.05) is 12.1 Å². The van der Waals surface area contributed by atoms with Gasteiger partial charge in [0.25, 0.3) is 0 Å². The van der Waals surface area contributed by atoms with Crippen molar-refractivity contribution < 1.29 is 10.2 Å². The second kappa shape index (κ2) is 6.87. The largest absolute Gasteiger partial charge is 0.507 e. The number of benzene rings is 4. The molecular formula is C26H26O2. The van der Waals surface area contributed by atoms with E-state index in [-0.39, 0.29) is 11.5 Å². The molecular weight excluding hydrogens is 344 g/mol. The van der Waals surface area contributed by atoms with Crippen molar-refractivity contribution in [3.05, 3.63) is 71.8 Å². The molecule has 4 rings (SSSR count). The Hall–Kier alpha value is -3.00. The van der Waals surface area contributed by atoms with Crippen LogP contribution in [-0.2, 0) is 0 Å². The van der Waals surface area contributed by atoms with Gasteiger partial charge in [-0.05, 0) is 56.6 Å². The van der Waals surface area contributed by atoms with Gasteiger partial charge in [-0.25, -0.2) is 0 Å². The first-order chi connectivity index (χ1) is 13.4. The molecule has 0 saturated heterocycles. The molecule has 4 aromatic rings. The van der Waals surface area contributed by atoms with Crippen molar-refractivity contribution in [2.45, 2.75) is 39.5 Å². The monoisotopic (exact) mass is 370 g/mol. The summed E-state index contributed by atoms with van der Waals surface area (Å²) in [6.07, 6.45) is 0. The summed E-state index contributed by atoms with van der Waals surface area (Å²) in [5.41, 5.74) is 3.89. The van der Waals surface area contributed by atoms with Gasteiger partial charge in [0.1, 0.15) is 11.5 Å². The molecule has 2 nitrogen and oxygen atoms in total. The zero-order chi connectivity index (χ0) is 20.0. The summed E-state index contributed by atoms with van der Waals surface area (Å²) in [6, 6.07) is 20.0. The van der Waals surface area contributed by atoms with Gasteiger partial charge in [-0.2, -0.15) is 0 Å². The molecule has 0 fully saturated rings. The van der Waals surface area contributed by atoms with Crippen LogP contribution in [0.4, 0.5) is 0 Å². The maximum absolute atomic E-state index is 10.8. The summed E-state index contributed by atoms with van der Waals surface area (Å²) in [5, 5.41) is 25.5. The van der Waals surface area contributed by atoms with E-state index in [9.17, 15) is 10.2 Å². The summed E-state index contributed by atoms with van der Waals surface area (Å²) in [5.74, 6) is 1.23. The Morgan fingerprint density at radius 1 is 0.536 bits per heavy atom.